The first-order chi connectivity index (χ1) is 9.02. The van der Waals surface area contributed by atoms with Crippen molar-refractivity contribution in [3.8, 4) is 11.1 Å². The number of carbonyl (C=O) groups excluding carboxylic acids is 1. The smallest absolute Gasteiger partial charge is 0.135 e. The quantitative estimate of drug-likeness (QED) is 0.618. The molecule has 2 aromatic rings. The molecule has 0 spiro atoms. The maximum absolute atomic E-state index is 11.1. The van der Waals surface area contributed by atoms with E-state index in [9.17, 15) is 4.79 Å². The number of aldehydes is 1. The molecule has 0 aliphatic heterocycles. The first kappa shape index (κ1) is 13.8. The molecule has 98 valence electrons. The largest absolute Gasteiger partial charge is 0.302 e. The zero-order valence-corrected chi connectivity index (χ0v) is 12.2. The van der Waals surface area contributed by atoms with Gasteiger partial charge < -0.3 is 4.79 Å². The monoisotopic (exact) mass is 271 g/mol. The van der Waals surface area contributed by atoms with Crippen molar-refractivity contribution in [1.82, 2.24) is 4.98 Å². The second-order valence-electron chi connectivity index (χ2n) is 5.06. The normalized spacial score (nSPS) is 11.3. The molecule has 0 fully saturated rings. The van der Waals surface area contributed by atoms with Crippen LogP contribution in [0.5, 0.6) is 0 Å². The van der Waals surface area contributed by atoms with Gasteiger partial charge in [0.2, 0.25) is 0 Å². The highest BCUT2D eigenvalue weighted by Crippen LogP contribution is 2.37. The summed E-state index contributed by atoms with van der Waals surface area (Å²) in [5.74, 6) is 0. The number of pyridine rings is 1. The molecule has 0 aliphatic rings. The lowest BCUT2D eigenvalue weighted by molar-refractivity contribution is -0.109. The number of rotatable bonds is 4. The van der Waals surface area contributed by atoms with Gasteiger partial charge in [0.05, 0.1) is 4.75 Å². The van der Waals surface area contributed by atoms with E-state index in [0.29, 0.717) is 0 Å². The lowest BCUT2D eigenvalue weighted by Gasteiger charge is -2.18. The van der Waals surface area contributed by atoms with Crippen LogP contribution in [-0.4, -0.2) is 16.0 Å². The molecule has 0 saturated heterocycles. The summed E-state index contributed by atoms with van der Waals surface area (Å²) in [5.41, 5.74) is 3.43. The van der Waals surface area contributed by atoms with E-state index >= 15 is 0 Å². The van der Waals surface area contributed by atoms with Crippen LogP contribution in [0.2, 0.25) is 0 Å². The number of aryl methyl sites for hydroxylation is 1. The van der Waals surface area contributed by atoms with Crippen molar-refractivity contribution >= 4 is 18.0 Å². The lowest BCUT2D eigenvalue weighted by atomic mass is 10.1. The Labute approximate surface area is 118 Å². The summed E-state index contributed by atoms with van der Waals surface area (Å²) in [6.45, 7) is 5.91. The predicted octanol–water partition coefficient (Wildman–Crippen LogP) is 4.13. The first-order valence-electron chi connectivity index (χ1n) is 6.18. The first-order valence-corrected chi connectivity index (χ1v) is 7.00. The average molecular weight is 271 g/mol. The second-order valence-corrected chi connectivity index (χ2v) is 6.76. The van der Waals surface area contributed by atoms with Crippen molar-refractivity contribution in [1.29, 1.82) is 0 Å². The molecule has 0 saturated carbocycles. The Hall–Kier alpha value is -1.61. The van der Waals surface area contributed by atoms with Crippen molar-refractivity contribution in [2.24, 2.45) is 0 Å². The number of thioether (sulfide) groups is 1. The fraction of sp³-hybridized carbons (Fsp3) is 0.250. The molecule has 19 heavy (non-hydrogen) atoms. The van der Waals surface area contributed by atoms with Gasteiger partial charge in [-0.15, -0.1) is 11.8 Å². The molecular weight excluding hydrogens is 254 g/mol. The minimum absolute atomic E-state index is 0.430. The molecule has 0 radical (unpaired) electrons. The van der Waals surface area contributed by atoms with Crippen molar-refractivity contribution in [2.75, 3.05) is 0 Å². The van der Waals surface area contributed by atoms with Crippen LogP contribution >= 0.6 is 11.8 Å². The van der Waals surface area contributed by atoms with Crippen molar-refractivity contribution in [3.63, 3.8) is 0 Å². The van der Waals surface area contributed by atoms with Crippen LogP contribution in [-0.2, 0) is 4.79 Å². The van der Waals surface area contributed by atoms with E-state index in [1.807, 2.05) is 26.1 Å². The fourth-order valence-corrected chi connectivity index (χ4v) is 2.75. The Morgan fingerprint density at radius 2 is 1.84 bits per heavy atom. The van der Waals surface area contributed by atoms with E-state index in [1.54, 1.807) is 18.0 Å². The molecule has 0 unspecified atom stereocenters. The minimum Gasteiger partial charge on any atom is -0.302 e. The van der Waals surface area contributed by atoms with Gasteiger partial charge in [0.1, 0.15) is 6.29 Å². The molecule has 1 aromatic heterocycles. The Bertz CT molecular complexity index is 576. The topological polar surface area (TPSA) is 30.0 Å². The van der Waals surface area contributed by atoms with E-state index < -0.39 is 4.75 Å². The van der Waals surface area contributed by atoms with Gasteiger partial charge >= 0.3 is 0 Å². The van der Waals surface area contributed by atoms with Crippen molar-refractivity contribution < 1.29 is 4.79 Å². The summed E-state index contributed by atoms with van der Waals surface area (Å²) in [7, 11) is 0. The Kier molecular flexibility index (Phi) is 4.05. The Morgan fingerprint density at radius 1 is 1.16 bits per heavy atom. The van der Waals surface area contributed by atoms with Crippen LogP contribution in [0.15, 0.2) is 47.6 Å². The number of benzene rings is 1. The van der Waals surface area contributed by atoms with Gasteiger partial charge in [0, 0.05) is 22.9 Å². The SMILES string of the molecule is Cc1ccc(-c2cnccc2SC(C)(C)C=O)cc1. The van der Waals surface area contributed by atoms with E-state index in [-0.39, 0.29) is 0 Å². The number of nitrogens with zero attached hydrogens (tertiary/aromatic N) is 1. The third-order valence-electron chi connectivity index (χ3n) is 2.80. The number of hydrogen-bond donors (Lipinski definition) is 0. The van der Waals surface area contributed by atoms with Gasteiger partial charge in [-0.3, -0.25) is 4.98 Å². The average Bonchev–Trinajstić information content (AvgIpc) is 2.40. The summed E-state index contributed by atoms with van der Waals surface area (Å²) >= 11 is 1.56. The molecule has 0 bridgehead atoms. The maximum atomic E-state index is 11.1. The van der Waals surface area contributed by atoms with Gasteiger partial charge in [0.15, 0.2) is 0 Å². The van der Waals surface area contributed by atoms with Crippen molar-refractivity contribution in [2.45, 2.75) is 30.4 Å². The molecule has 2 nitrogen and oxygen atoms in total. The zero-order valence-electron chi connectivity index (χ0n) is 11.4. The van der Waals surface area contributed by atoms with Crippen molar-refractivity contribution in [3.05, 3.63) is 48.3 Å². The summed E-state index contributed by atoms with van der Waals surface area (Å²) < 4.78 is -0.430. The van der Waals surface area contributed by atoms with Crippen LogP contribution in [0, 0.1) is 6.92 Å². The standard InChI is InChI=1S/C16H17NOS/c1-12-4-6-13(7-5-12)14-10-17-9-8-15(14)19-16(2,3)11-18/h4-11H,1-3H3. The van der Waals surface area contributed by atoms with Gasteiger partial charge in [-0.25, -0.2) is 0 Å². The van der Waals surface area contributed by atoms with E-state index in [4.69, 9.17) is 0 Å². The van der Waals surface area contributed by atoms with E-state index in [2.05, 4.69) is 36.2 Å². The Morgan fingerprint density at radius 3 is 2.47 bits per heavy atom. The van der Waals surface area contributed by atoms with Gasteiger partial charge in [-0.1, -0.05) is 29.8 Å². The fourth-order valence-electron chi connectivity index (χ4n) is 1.73. The summed E-state index contributed by atoms with van der Waals surface area (Å²) in [5, 5.41) is 0. The number of hydrogen-bond acceptors (Lipinski definition) is 3. The van der Waals surface area contributed by atoms with Crippen LogP contribution < -0.4 is 0 Å². The highest BCUT2D eigenvalue weighted by molar-refractivity contribution is 8.01. The molecule has 0 N–H and O–H groups in total. The molecule has 1 heterocycles. The van der Waals surface area contributed by atoms with E-state index in [1.165, 1.54) is 5.56 Å². The van der Waals surface area contributed by atoms with Crippen LogP contribution in [0.1, 0.15) is 19.4 Å². The molecular formula is C16H17NOS. The molecule has 2 rings (SSSR count). The van der Waals surface area contributed by atoms with Gasteiger partial charge in [0.25, 0.3) is 0 Å². The molecule has 0 aliphatic carbocycles. The highest BCUT2D eigenvalue weighted by Gasteiger charge is 2.20. The summed E-state index contributed by atoms with van der Waals surface area (Å²) in [4.78, 5) is 16.4. The van der Waals surface area contributed by atoms with E-state index in [0.717, 1.165) is 22.3 Å². The highest BCUT2D eigenvalue weighted by atomic mass is 32.2. The molecule has 1 aromatic carbocycles. The number of carbonyl (C=O) groups is 1. The zero-order chi connectivity index (χ0) is 13.9. The summed E-state index contributed by atoms with van der Waals surface area (Å²) in [6, 6.07) is 10.3. The predicted molar refractivity (Wildman–Crippen MR) is 80.4 cm³/mol. The Balaban J connectivity index is 2.41. The molecule has 3 heteroatoms. The number of aromatic nitrogens is 1. The van der Waals surface area contributed by atoms with Crippen LogP contribution in [0.3, 0.4) is 0 Å². The molecule has 0 atom stereocenters. The minimum atomic E-state index is -0.430. The van der Waals surface area contributed by atoms with Crippen LogP contribution in [0.4, 0.5) is 0 Å². The third kappa shape index (κ3) is 3.44. The molecule has 0 amide bonds. The van der Waals surface area contributed by atoms with Gasteiger partial charge in [-0.2, -0.15) is 0 Å². The third-order valence-corrected chi connectivity index (χ3v) is 4.00. The summed E-state index contributed by atoms with van der Waals surface area (Å²) in [6.07, 6.45) is 4.60. The van der Waals surface area contributed by atoms with Gasteiger partial charge in [-0.05, 0) is 32.4 Å². The second kappa shape index (κ2) is 5.57. The lowest BCUT2D eigenvalue weighted by Crippen LogP contribution is -2.15. The maximum Gasteiger partial charge on any atom is 0.135 e. The van der Waals surface area contributed by atoms with Crippen LogP contribution in [0.25, 0.3) is 11.1 Å².